The molecule has 1 fully saturated rings. The van der Waals surface area contributed by atoms with Crippen LogP contribution < -0.4 is 10.1 Å². The van der Waals surface area contributed by atoms with Gasteiger partial charge in [-0.25, -0.2) is 0 Å². The molecule has 2 aromatic rings. The first-order valence-corrected chi connectivity index (χ1v) is 7.89. The number of halogens is 1. The molecular formula is C18H20ClNO. The molecule has 1 aliphatic carbocycles. The zero-order valence-electron chi connectivity index (χ0n) is 12.2. The Balaban J connectivity index is 1.89. The monoisotopic (exact) mass is 301 g/mol. The summed E-state index contributed by atoms with van der Waals surface area (Å²) in [5, 5.41) is 4.34. The second kappa shape index (κ2) is 6.50. The highest BCUT2D eigenvalue weighted by Gasteiger charge is 2.20. The first-order valence-electron chi connectivity index (χ1n) is 7.52. The van der Waals surface area contributed by atoms with Crippen LogP contribution >= 0.6 is 11.6 Å². The van der Waals surface area contributed by atoms with E-state index in [9.17, 15) is 0 Å². The van der Waals surface area contributed by atoms with Crippen molar-refractivity contribution < 1.29 is 4.74 Å². The normalized spacial score (nSPS) is 14.2. The molecule has 0 aliphatic heterocycles. The highest BCUT2D eigenvalue weighted by molar-refractivity contribution is 6.31. The van der Waals surface area contributed by atoms with Crippen LogP contribution in [0.4, 0.5) is 0 Å². The predicted octanol–water partition coefficient (Wildman–Crippen LogP) is 4.66. The summed E-state index contributed by atoms with van der Waals surface area (Å²) in [5.41, 5.74) is 3.41. The molecular weight excluding hydrogens is 282 g/mol. The Hall–Kier alpha value is -1.51. The average molecular weight is 302 g/mol. The molecule has 0 saturated heterocycles. The third-order valence-corrected chi connectivity index (χ3v) is 4.07. The van der Waals surface area contributed by atoms with Crippen molar-refractivity contribution in [2.75, 3.05) is 6.61 Å². The van der Waals surface area contributed by atoms with Gasteiger partial charge in [0.2, 0.25) is 0 Å². The van der Waals surface area contributed by atoms with Gasteiger partial charge in [0.25, 0.3) is 0 Å². The van der Waals surface area contributed by atoms with Gasteiger partial charge in [-0.3, -0.25) is 0 Å². The quantitative estimate of drug-likeness (QED) is 0.838. The predicted molar refractivity (Wildman–Crippen MR) is 87.9 cm³/mol. The van der Waals surface area contributed by atoms with Crippen LogP contribution in [0.5, 0.6) is 5.75 Å². The van der Waals surface area contributed by atoms with Crippen molar-refractivity contribution in [1.29, 1.82) is 0 Å². The second-order valence-electron chi connectivity index (χ2n) is 5.39. The smallest absolute Gasteiger partial charge is 0.127 e. The molecule has 0 unspecified atom stereocenters. The number of rotatable bonds is 6. The van der Waals surface area contributed by atoms with Crippen molar-refractivity contribution in [2.24, 2.45) is 0 Å². The van der Waals surface area contributed by atoms with Crippen LogP contribution in [0, 0.1) is 0 Å². The number of nitrogens with one attached hydrogen (secondary N) is 1. The van der Waals surface area contributed by atoms with Crippen molar-refractivity contribution in [3.8, 4) is 16.9 Å². The number of benzene rings is 2. The Labute approximate surface area is 131 Å². The van der Waals surface area contributed by atoms with Gasteiger partial charge in [0.05, 0.1) is 6.61 Å². The fraction of sp³-hybridized carbons (Fsp3) is 0.333. The zero-order chi connectivity index (χ0) is 14.7. The van der Waals surface area contributed by atoms with Gasteiger partial charge in [-0.15, -0.1) is 0 Å². The molecule has 0 aromatic heterocycles. The third-order valence-electron chi connectivity index (χ3n) is 3.70. The van der Waals surface area contributed by atoms with E-state index >= 15 is 0 Å². The molecule has 3 heteroatoms. The molecule has 1 aliphatic rings. The van der Waals surface area contributed by atoms with Crippen LogP contribution in [0.1, 0.15) is 25.3 Å². The van der Waals surface area contributed by atoms with E-state index < -0.39 is 0 Å². The Morgan fingerprint density at radius 2 is 2.00 bits per heavy atom. The summed E-state index contributed by atoms with van der Waals surface area (Å²) >= 11 is 6.32. The summed E-state index contributed by atoms with van der Waals surface area (Å²) in [6.45, 7) is 3.50. The largest absolute Gasteiger partial charge is 0.493 e. The van der Waals surface area contributed by atoms with Gasteiger partial charge < -0.3 is 10.1 Å². The van der Waals surface area contributed by atoms with E-state index in [1.807, 2.05) is 31.2 Å². The average Bonchev–Trinajstić information content (AvgIpc) is 3.32. The summed E-state index contributed by atoms with van der Waals surface area (Å²) < 4.78 is 5.72. The molecule has 0 radical (unpaired) electrons. The van der Waals surface area contributed by atoms with E-state index in [0.717, 1.165) is 34.0 Å². The van der Waals surface area contributed by atoms with E-state index in [1.165, 1.54) is 12.8 Å². The number of ether oxygens (including phenoxy) is 1. The molecule has 0 heterocycles. The van der Waals surface area contributed by atoms with E-state index in [0.29, 0.717) is 12.6 Å². The van der Waals surface area contributed by atoms with Gasteiger partial charge in [-0.2, -0.15) is 0 Å². The van der Waals surface area contributed by atoms with Crippen LogP contribution in [0.15, 0.2) is 42.5 Å². The van der Waals surface area contributed by atoms with Crippen molar-refractivity contribution in [3.63, 3.8) is 0 Å². The lowest BCUT2D eigenvalue weighted by Crippen LogP contribution is -2.15. The SMILES string of the molecule is CCOc1ccccc1-c1ccc(Cl)c(CNC2CC2)c1. The Kier molecular flexibility index (Phi) is 4.47. The summed E-state index contributed by atoms with van der Waals surface area (Å²) in [7, 11) is 0. The molecule has 2 nitrogen and oxygen atoms in total. The lowest BCUT2D eigenvalue weighted by molar-refractivity contribution is 0.341. The molecule has 3 rings (SSSR count). The number of para-hydroxylation sites is 1. The van der Waals surface area contributed by atoms with E-state index in [4.69, 9.17) is 16.3 Å². The fourth-order valence-corrected chi connectivity index (χ4v) is 2.59. The molecule has 0 atom stereocenters. The molecule has 0 spiro atoms. The molecule has 21 heavy (non-hydrogen) atoms. The first-order chi connectivity index (χ1) is 10.3. The van der Waals surface area contributed by atoms with Gasteiger partial charge in [0, 0.05) is 23.2 Å². The highest BCUT2D eigenvalue weighted by Crippen LogP contribution is 2.32. The van der Waals surface area contributed by atoms with Crippen molar-refractivity contribution in [2.45, 2.75) is 32.4 Å². The van der Waals surface area contributed by atoms with E-state index in [-0.39, 0.29) is 0 Å². The lowest BCUT2D eigenvalue weighted by atomic mass is 10.0. The maximum absolute atomic E-state index is 6.32. The van der Waals surface area contributed by atoms with Crippen LogP contribution in [-0.2, 0) is 6.54 Å². The van der Waals surface area contributed by atoms with Crippen LogP contribution in [-0.4, -0.2) is 12.6 Å². The van der Waals surface area contributed by atoms with E-state index in [2.05, 4.69) is 23.5 Å². The third kappa shape index (κ3) is 3.58. The van der Waals surface area contributed by atoms with Gasteiger partial charge in [-0.1, -0.05) is 35.9 Å². The maximum Gasteiger partial charge on any atom is 0.127 e. The summed E-state index contributed by atoms with van der Waals surface area (Å²) in [4.78, 5) is 0. The number of hydrogen-bond donors (Lipinski definition) is 1. The molecule has 0 amide bonds. The van der Waals surface area contributed by atoms with Crippen LogP contribution in [0.25, 0.3) is 11.1 Å². The summed E-state index contributed by atoms with van der Waals surface area (Å²) in [6.07, 6.45) is 2.56. The Morgan fingerprint density at radius 1 is 1.19 bits per heavy atom. The van der Waals surface area contributed by atoms with E-state index in [1.54, 1.807) is 0 Å². The molecule has 110 valence electrons. The molecule has 1 N–H and O–H groups in total. The minimum atomic E-state index is 0.667. The Bertz CT molecular complexity index is 622. The Morgan fingerprint density at radius 3 is 2.76 bits per heavy atom. The lowest BCUT2D eigenvalue weighted by Gasteiger charge is -2.12. The van der Waals surface area contributed by atoms with Crippen LogP contribution in [0.2, 0.25) is 5.02 Å². The number of hydrogen-bond acceptors (Lipinski definition) is 2. The van der Waals surface area contributed by atoms with Crippen LogP contribution in [0.3, 0.4) is 0 Å². The van der Waals surface area contributed by atoms with Crippen molar-refractivity contribution >= 4 is 11.6 Å². The van der Waals surface area contributed by atoms with Crippen molar-refractivity contribution in [3.05, 3.63) is 53.1 Å². The maximum atomic E-state index is 6.32. The molecule has 2 aromatic carbocycles. The van der Waals surface area contributed by atoms with Crippen molar-refractivity contribution in [1.82, 2.24) is 5.32 Å². The fourth-order valence-electron chi connectivity index (χ4n) is 2.41. The second-order valence-corrected chi connectivity index (χ2v) is 5.80. The van der Waals surface area contributed by atoms with Gasteiger partial charge in [-0.05, 0) is 49.1 Å². The highest BCUT2D eigenvalue weighted by atomic mass is 35.5. The minimum Gasteiger partial charge on any atom is -0.493 e. The zero-order valence-corrected chi connectivity index (χ0v) is 13.0. The minimum absolute atomic E-state index is 0.667. The molecule has 1 saturated carbocycles. The summed E-state index contributed by atoms with van der Waals surface area (Å²) in [6, 6.07) is 15.0. The standard InChI is InChI=1S/C18H20ClNO/c1-2-21-18-6-4-3-5-16(18)13-7-10-17(19)14(11-13)12-20-15-8-9-15/h3-7,10-11,15,20H,2,8-9,12H2,1H3. The van der Waals surface area contributed by atoms with Gasteiger partial charge in [0.15, 0.2) is 0 Å². The van der Waals surface area contributed by atoms with Gasteiger partial charge >= 0.3 is 0 Å². The topological polar surface area (TPSA) is 21.3 Å². The summed E-state index contributed by atoms with van der Waals surface area (Å²) in [5.74, 6) is 0.920. The van der Waals surface area contributed by atoms with Gasteiger partial charge in [0.1, 0.15) is 5.75 Å². The first kappa shape index (κ1) is 14.4. The molecule has 0 bridgehead atoms.